The van der Waals surface area contributed by atoms with Gasteiger partial charge in [-0.1, -0.05) is 13.8 Å². The minimum atomic E-state index is 0.243. The summed E-state index contributed by atoms with van der Waals surface area (Å²) in [6.07, 6.45) is 7.93. The second kappa shape index (κ2) is 6.05. The maximum atomic E-state index is 12.6. The number of carbonyl (C=O) groups is 1. The van der Waals surface area contributed by atoms with E-state index in [2.05, 4.69) is 18.7 Å². The largest absolute Gasteiger partial charge is 0.339 e. The van der Waals surface area contributed by atoms with E-state index in [1.807, 2.05) is 0 Å². The van der Waals surface area contributed by atoms with E-state index in [-0.39, 0.29) is 5.92 Å². The summed E-state index contributed by atoms with van der Waals surface area (Å²) < 4.78 is 0. The zero-order valence-corrected chi connectivity index (χ0v) is 11.9. The van der Waals surface area contributed by atoms with E-state index in [4.69, 9.17) is 5.73 Å². The van der Waals surface area contributed by atoms with Crippen molar-refractivity contribution in [3.05, 3.63) is 0 Å². The number of hydrogen-bond acceptors (Lipinski definition) is 2. The van der Waals surface area contributed by atoms with Crippen LogP contribution in [0.2, 0.25) is 0 Å². The summed E-state index contributed by atoms with van der Waals surface area (Å²) in [5.74, 6) is 1.31. The fourth-order valence-electron chi connectivity index (χ4n) is 3.19. The first kappa shape index (κ1) is 13.9. The van der Waals surface area contributed by atoms with E-state index in [0.29, 0.717) is 23.9 Å². The molecule has 0 saturated heterocycles. The van der Waals surface area contributed by atoms with Crippen molar-refractivity contribution in [3.8, 4) is 0 Å². The van der Waals surface area contributed by atoms with E-state index in [9.17, 15) is 4.79 Å². The van der Waals surface area contributed by atoms with Gasteiger partial charge < -0.3 is 10.6 Å². The first-order valence-electron chi connectivity index (χ1n) is 7.69. The van der Waals surface area contributed by atoms with Crippen LogP contribution in [-0.2, 0) is 4.79 Å². The Bertz CT molecular complexity index is 280. The van der Waals surface area contributed by atoms with E-state index in [0.717, 1.165) is 38.6 Å². The molecule has 0 aromatic carbocycles. The smallest absolute Gasteiger partial charge is 0.225 e. The van der Waals surface area contributed by atoms with Crippen LogP contribution in [0.5, 0.6) is 0 Å². The first-order chi connectivity index (χ1) is 8.63. The lowest BCUT2D eigenvalue weighted by atomic mass is 9.89. The Kier molecular flexibility index (Phi) is 4.66. The van der Waals surface area contributed by atoms with Crippen LogP contribution in [0.3, 0.4) is 0 Å². The van der Waals surface area contributed by atoms with E-state index in [1.54, 1.807) is 0 Å². The van der Waals surface area contributed by atoms with Crippen molar-refractivity contribution in [2.45, 2.75) is 70.9 Å². The van der Waals surface area contributed by atoms with Crippen LogP contribution in [0.15, 0.2) is 0 Å². The summed E-state index contributed by atoms with van der Waals surface area (Å²) >= 11 is 0. The Morgan fingerprint density at radius 3 is 2.33 bits per heavy atom. The molecule has 2 N–H and O–H groups in total. The molecule has 3 heteroatoms. The molecule has 0 aromatic rings. The van der Waals surface area contributed by atoms with Gasteiger partial charge in [0.15, 0.2) is 0 Å². The minimum Gasteiger partial charge on any atom is -0.339 e. The molecule has 1 unspecified atom stereocenters. The van der Waals surface area contributed by atoms with Crippen LogP contribution in [0.1, 0.15) is 58.8 Å². The molecular formula is C15H28N2O. The predicted octanol–water partition coefficient (Wildman–Crippen LogP) is 2.54. The van der Waals surface area contributed by atoms with Crippen LogP contribution >= 0.6 is 0 Å². The Labute approximate surface area is 111 Å². The van der Waals surface area contributed by atoms with Crippen molar-refractivity contribution in [1.29, 1.82) is 0 Å². The second-order valence-electron chi connectivity index (χ2n) is 6.23. The van der Waals surface area contributed by atoms with Gasteiger partial charge in [-0.3, -0.25) is 4.79 Å². The van der Waals surface area contributed by atoms with Crippen molar-refractivity contribution in [1.82, 2.24) is 4.90 Å². The van der Waals surface area contributed by atoms with Gasteiger partial charge in [0.05, 0.1) is 0 Å². The van der Waals surface area contributed by atoms with Crippen LogP contribution < -0.4 is 5.73 Å². The number of rotatable bonds is 5. The number of carbonyl (C=O) groups excluding carboxylic acids is 1. The SMILES string of the molecule is CCCN(C(=O)C(C)C1CC1)C1CCC(N)CC1. The molecule has 3 nitrogen and oxygen atoms in total. The van der Waals surface area contributed by atoms with E-state index < -0.39 is 0 Å². The van der Waals surface area contributed by atoms with Gasteiger partial charge in [-0.15, -0.1) is 0 Å². The highest BCUT2D eigenvalue weighted by molar-refractivity contribution is 5.79. The van der Waals surface area contributed by atoms with Gasteiger partial charge in [0.1, 0.15) is 0 Å². The summed E-state index contributed by atoms with van der Waals surface area (Å²) in [5.41, 5.74) is 5.96. The molecule has 0 heterocycles. The second-order valence-corrected chi connectivity index (χ2v) is 6.23. The Morgan fingerprint density at radius 1 is 1.22 bits per heavy atom. The molecule has 2 saturated carbocycles. The maximum absolute atomic E-state index is 12.6. The van der Waals surface area contributed by atoms with Gasteiger partial charge in [-0.05, 0) is 50.9 Å². The molecule has 0 bridgehead atoms. The molecule has 1 atom stereocenters. The molecule has 18 heavy (non-hydrogen) atoms. The quantitative estimate of drug-likeness (QED) is 0.817. The topological polar surface area (TPSA) is 46.3 Å². The molecule has 2 rings (SSSR count). The molecule has 0 aromatic heterocycles. The van der Waals surface area contributed by atoms with Crippen LogP contribution in [0.25, 0.3) is 0 Å². The van der Waals surface area contributed by atoms with Gasteiger partial charge in [-0.25, -0.2) is 0 Å². The zero-order chi connectivity index (χ0) is 13.1. The molecule has 1 amide bonds. The first-order valence-corrected chi connectivity index (χ1v) is 7.69. The normalized spacial score (nSPS) is 29.9. The summed E-state index contributed by atoms with van der Waals surface area (Å²) in [6, 6.07) is 0.819. The number of hydrogen-bond donors (Lipinski definition) is 1. The highest BCUT2D eigenvalue weighted by Gasteiger charge is 2.37. The molecule has 104 valence electrons. The third-order valence-corrected chi connectivity index (χ3v) is 4.65. The lowest BCUT2D eigenvalue weighted by Crippen LogP contribution is -2.46. The van der Waals surface area contributed by atoms with Crippen molar-refractivity contribution in [2.75, 3.05) is 6.54 Å². The average Bonchev–Trinajstić information content (AvgIpc) is 3.20. The fraction of sp³-hybridized carbons (Fsp3) is 0.933. The van der Waals surface area contributed by atoms with Gasteiger partial charge in [-0.2, -0.15) is 0 Å². The Hall–Kier alpha value is -0.570. The molecule has 0 aliphatic heterocycles. The predicted molar refractivity (Wildman–Crippen MR) is 74.1 cm³/mol. The summed E-state index contributed by atoms with van der Waals surface area (Å²) in [7, 11) is 0. The lowest BCUT2D eigenvalue weighted by Gasteiger charge is -2.37. The standard InChI is InChI=1S/C15H28N2O/c1-3-10-17(14-8-6-13(16)7-9-14)15(18)11(2)12-4-5-12/h11-14H,3-10,16H2,1-2H3. The van der Waals surface area contributed by atoms with Crippen molar-refractivity contribution < 1.29 is 4.79 Å². The van der Waals surface area contributed by atoms with Crippen LogP contribution in [0, 0.1) is 11.8 Å². The average molecular weight is 252 g/mol. The maximum Gasteiger partial charge on any atom is 0.225 e. The van der Waals surface area contributed by atoms with Gasteiger partial charge in [0.25, 0.3) is 0 Å². The molecular weight excluding hydrogens is 224 g/mol. The van der Waals surface area contributed by atoms with Crippen molar-refractivity contribution >= 4 is 5.91 Å². The number of nitrogens with two attached hydrogens (primary N) is 1. The van der Waals surface area contributed by atoms with Crippen molar-refractivity contribution in [3.63, 3.8) is 0 Å². The van der Waals surface area contributed by atoms with Crippen LogP contribution in [-0.4, -0.2) is 29.4 Å². The summed E-state index contributed by atoms with van der Waals surface area (Å²) in [5, 5.41) is 0. The lowest BCUT2D eigenvalue weighted by molar-refractivity contribution is -0.138. The highest BCUT2D eigenvalue weighted by Crippen LogP contribution is 2.38. The monoisotopic (exact) mass is 252 g/mol. The third-order valence-electron chi connectivity index (χ3n) is 4.65. The molecule has 2 aliphatic rings. The Balaban J connectivity index is 1.95. The van der Waals surface area contributed by atoms with Gasteiger partial charge >= 0.3 is 0 Å². The summed E-state index contributed by atoms with van der Waals surface area (Å²) in [6.45, 7) is 5.21. The van der Waals surface area contributed by atoms with E-state index in [1.165, 1.54) is 12.8 Å². The molecule has 2 fully saturated rings. The molecule has 0 spiro atoms. The fourth-order valence-corrected chi connectivity index (χ4v) is 3.19. The van der Waals surface area contributed by atoms with Gasteiger partial charge in [0.2, 0.25) is 5.91 Å². The third kappa shape index (κ3) is 3.25. The molecule has 0 radical (unpaired) electrons. The van der Waals surface area contributed by atoms with Gasteiger partial charge in [0, 0.05) is 24.5 Å². The van der Waals surface area contributed by atoms with E-state index >= 15 is 0 Å². The van der Waals surface area contributed by atoms with Crippen molar-refractivity contribution in [2.24, 2.45) is 17.6 Å². The Morgan fingerprint density at radius 2 is 1.83 bits per heavy atom. The molecule has 2 aliphatic carbocycles. The number of amides is 1. The summed E-state index contributed by atoms with van der Waals surface area (Å²) in [4.78, 5) is 14.8. The zero-order valence-electron chi connectivity index (χ0n) is 11.9. The number of nitrogens with zero attached hydrogens (tertiary/aromatic N) is 1. The minimum absolute atomic E-state index is 0.243. The highest BCUT2D eigenvalue weighted by atomic mass is 16.2. The van der Waals surface area contributed by atoms with Crippen LogP contribution in [0.4, 0.5) is 0 Å².